The van der Waals surface area contributed by atoms with Gasteiger partial charge in [-0.15, -0.1) is 0 Å². The van der Waals surface area contributed by atoms with Crippen LogP contribution in [0.1, 0.15) is 24.9 Å². The van der Waals surface area contributed by atoms with Crippen LogP contribution in [0, 0.1) is 0 Å². The molecular formula is C13H20N2S. The number of thioether (sulfide) groups is 1. The predicted molar refractivity (Wildman–Crippen MR) is 73.2 cm³/mol. The van der Waals surface area contributed by atoms with E-state index in [2.05, 4.69) is 48.0 Å². The molecule has 1 aromatic carbocycles. The van der Waals surface area contributed by atoms with Crippen LogP contribution >= 0.6 is 11.8 Å². The maximum atomic E-state index is 5.85. The van der Waals surface area contributed by atoms with E-state index < -0.39 is 0 Å². The lowest BCUT2D eigenvalue weighted by molar-refractivity contribution is 0.699. The van der Waals surface area contributed by atoms with Gasteiger partial charge in [0.2, 0.25) is 0 Å². The van der Waals surface area contributed by atoms with Gasteiger partial charge in [0.25, 0.3) is 0 Å². The largest absolute Gasteiger partial charge is 0.371 e. The van der Waals surface area contributed by atoms with Crippen LogP contribution in [-0.4, -0.2) is 24.6 Å². The molecule has 2 nitrogen and oxygen atoms in total. The second kappa shape index (κ2) is 5.11. The van der Waals surface area contributed by atoms with Gasteiger partial charge in [-0.3, -0.25) is 0 Å². The molecule has 0 radical (unpaired) electrons. The van der Waals surface area contributed by atoms with Crippen LogP contribution in [-0.2, 0) is 0 Å². The highest BCUT2D eigenvalue weighted by molar-refractivity contribution is 7.99. The lowest BCUT2D eigenvalue weighted by Gasteiger charge is -2.26. The zero-order valence-corrected chi connectivity index (χ0v) is 10.8. The minimum Gasteiger partial charge on any atom is -0.371 e. The van der Waals surface area contributed by atoms with Crippen molar-refractivity contribution in [3.05, 3.63) is 29.8 Å². The second-order valence-corrected chi connectivity index (χ2v) is 5.66. The van der Waals surface area contributed by atoms with Crippen molar-refractivity contribution in [2.75, 3.05) is 23.5 Å². The lowest BCUT2D eigenvalue weighted by atomic mass is 10.1. The van der Waals surface area contributed by atoms with Gasteiger partial charge >= 0.3 is 0 Å². The topological polar surface area (TPSA) is 29.3 Å². The molecule has 88 valence electrons. The summed E-state index contributed by atoms with van der Waals surface area (Å²) in [4.78, 5) is 2.39. The average molecular weight is 236 g/mol. The molecule has 0 saturated carbocycles. The first-order chi connectivity index (χ1) is 7.68. The standard InChI is InChI=1S/C13H20N2S/c1-10(14)11-3-5-12(6-4-11)15(2)13-7-8-16-9-13/h3-6,10,13H,7-9,14H2,1-2H3/t10-,13?/m1/s1. The summed E-state index contributed by atoms with van der Waals surface area (Å²) >= 11 is 2.05. The molecule has 0 spiro atoms. The van der Waals surface area contributed by atoms with Crippen molar-refractivity contribution < 1.29 is 0 Å². The fourth-order valence-electron chi connectivity index (χ4n) is 2.05. The van der Waals surface area contributed by atoms with Gasteiger partial charge in [-0.25, -0.2) is 0 Å². The molecule has 2 rings (SSSR count). The van der Waals surface area contributed by atoms with Gasteiger partial charge in [0, 0.05) is 30.6 Å². The molecule has 3 heteroatoms. The Kier molecular flexibility index (Phi) is 3.77. The molecule has 2 atom stereocenters. The van der Waals surface area contributed by atoms with Crippen molar-refractivity contribution in [3.8, 4) is 0 Å². The third kappa shape index (κ3) is 2.53. The van der Waals surface area contributed by atoms with Gasteiger partial charge in [-0.2, -0.15) is 11.8 Å². The van der Waals surface area contributed by atoms with Crippen molar-refractivity contribution in [1.29, 1.82) is 0 Å². The summed E-state index contributed by atoms with van der Waals surface area (Å²) in [6.45, 7) is 2.02. The summed E-state index contributed by atoms with van der Waals surface area (Å²) in [7, 11) is 2.19. The molecular weight excluding hydrogens is 216 g/mol. The van der Waals surface area contributed by atoms with Crippen LogP contribution in [0.25, 0.3) is 0 Å². The number of hydrogen-bond acceptors (Lipinski definition) is 3. The molecule has 1 aromatic rings. The summed E-state index contributed by atoms with van der Waals surface area (Å²) in [6.07, 6.45) is 1.30. The molecule has 0 amide bonds. The van der Waals surface area contributed by atoms with E-state index in [4.69, 9.17) is 5.73 Å². The SMILES string of the molecule is C[C@@H](N)c1ccc(N(C)C2CCSC2)cc1. The average Bonchev–Trinajstić information content (AvgIpc) is 2.81. The van der Waals surface area contributed by atoms with Crippen LogP contribution in [0.3, 0.4) is 0 Å². The Labute approximate surface area is 102 Å². The Morgan fingerprint density at radius 2 is 2.06 bits per heavy atom. The molecule has 16 heavy (non-hydrogen) atoms. The van der Waals surface area contributed by atoms with Crippen molar-refractivity contribution in [2.45, 2.75) is 25.4 Å². The number of nitrogens with two attached hydrogens (primary N) is 1. The highest BCUT2D eigenvalue weighted by atomic mass is 32.2. The summed E-state index contributed by atoms with van der Waals surface area (Å²) in [5.74, 6) is 2.55. The van der Waals surface area contributed by atoms with E-state index in [9.17, 15) is 0 Å². The zero-order valence-electron chi connectivity index (χ0n) is 10.0. The molecule has 0 bridgehead atoms. The summed E-state index contributed by atoms with van der Waals surface area (Å²) < 4.78 is 0. The molecule has 1 fully saturated rings. The quantitative estimate of drug-likeness (QED) is 0.875. The molecule has 1 saturated heterocycles. The molecule has 1 heterocycles. The maximum Gasteiger partial charge on any atom is 0.0385 e. The first kappa shape index (κ1) is 11.8. The number of hydrogen-bond donors (Lipinski definition) is 1. The van der Waals surface area contributed by atoms with Crippen LogP contribution in [0.15, 0.2) is 24.3 Å². The highest BCUT2D eigenvalue weighted by Gasteiger charge is 2.20. The Bertz CT molecular complexity index is 328. The number of rotatable bonds is 3. The maximum absolute atomic E-state index is 5.85. The molecule has 0 aliphatic carbocycles. The Balaban J connectivity index is 2.08. The summed E-state index contributed by atoms with van der Waals surface area (Å²) in [6, 6.07) is 9.47. The predicted octanol–water partition coefficient (Wildman–Crippen LogP) is 2.65. The number of anilines is 1. The van der Waals surface area contributed by atoms with Crippen LogP contribution in [0.2, 0.25) is 0 Å². The van der Waals surface area contributed by atoms with E-state index in [1.165, 1.54) is 29.2 Å². The zero-order chi connectivity index (χ0) is 11.5. The van der Waals surface area contributed by atoms with Gasteiger partial charge in [-0.1, -0.05) is 12.1 Å². The third-order valence-corrected chi connectivity index (χ3v) is 4.42. The van der Waals surface area contributed by atoms with Crippen molar-refractivity contribution in [2.24, 2.45) is 5.73 Å². The first-order valence-corrected chi connectivity index (χ1v) is 7.00. The van der Waals surface area contributed by atoms with Crippen molar-refractivity contribution in [3.63, 3.8) is 0 Å². The van der Waals surface area contributed by atoms with E-state index in [0.29, 0.717) is 6.04 Å². The fraction of sp³-hybridized carbons (Fsp3) is 0.538. The fourth-order valence-corrected chi connectivity index (χ4v) is 3.32. The molecule has 1 aliphatic rings. The van der Waals surface area contributed by atoms with E-state index in [1.54, 1.807) is 0 Å². The van der Waals surface area contributed by atoms with Crippen LogP contribution in [0.5, 0.6) is 0 Å². The lowest BCUT2D eigenvalue weighted by Crippen LogP contribution is -2.31. The first-order valence-electron chi connectivity index (χ1n) is 5.84. The molecule has 0 aromatic heterocycles. The number of nitrogens with zero attached hydrogens (tertiary/aromatic N) is 1. The number of benzene rings is 1. The van der Waals surface area contributed by atoms with E-state index >= 15 is 0 Å². The second-order valence-electron chi connectivity index (χ2n) is 4.51. The van der Waals surface area contributed by atoms with Crippen molar-refractivity contribution >= 4 is 17.4 Å². The summed E-state index contributed by atoms with van der Waals surface area (Å²) in [5.41, 5.74) is 8.35. The summed E-state index contributed by atoms with van der Waals surface area (Å²) in [5, 5.41) is 0. The van der Waals surface area contributed by atoms with Gasteiger partial charge in [0.05, 0.1) is 0 Å². The van der Waals surface area contributed by atoms with E-state index in [0.717, 1.165) is 0 Å². The van der Waals surface area contributed by atoms with Gasteiger partial charge < -0.3 is 10.6 Å². The molecule has 2 N–H and O–H groups in total. The third-order valence-electron chi connectivity index (χ3n) is 3.28. The van der Waals surface area contributed by atoms with E-state index in [-0.39, 0.29) is 6.04 Å². The molecule has 1 unspecified atom stereocenters. The van der Waals surface area contributed by atoms with Crippen molar-refractivity contribution in [1.82, 2.24) is 0 Å². The Morgan fingerprint density at radius 3 is 2.56 bits per heavy atom. The Morgan fingerprint density at radius 1 is 1.38 bits per heavy atom. The van der Waals surface area contributed by atoms with Crippen LogP contribution in [0.4, 0.5) is 5.69 Å². The van der Waals surface area contributed by atoms with Gasteiger partial charge in [-0.05, 0) is 36.8 Å². The normalized spacial score (nSPS) is 22.1. The van der Waals surface area contributed by atoms with Gasteiger partial charge in [0.15, 0.2) is 0 Å². The highest BCUT2D eigenvalue weighted by Crippen LogP contribution is 2.26. The molecule has 1 aliphatic heterocycles. The van der Waals surface area contributed by atoms with E-state index in [1.807, 2.05) is 6.92 Å². The minimum absolute atomic E-state index is 0.126. The van der Waals surface area contributed by atoms with Gasteiger partial charge in [0.1, 0.15) is 0 Å². The Hall–Kier alpha value is -0.670. The smallest absolute Gasteiger partial charge is 0.0385 e. The monoisotopic (exact) mass is 236 g/mol. The van der Waals surface area contributed by atoms with Crippen LogP contribution < -0.4 is 10.6 Å². The minimum atomic E-state index is 0.126.